The van der Waals surface area contributed by atoms with Crippen molar-refractivity contribution in [1.29, 1.82) is 0 Å². The standard InChI is InChI=1S/C16H23FN4O3/c1-16(2,3)21(19)13(9-18)10-6-11(8-12(17)7-10)15(24)20-5-4-14(22)23/h6-9H,4-5,18-19H2,1-3H3,(H,20,24)(H,22,23)/b13-9-. The van der Waals surface area contributed by atoms with Gasteiger partial charge in [-0.1, -0.05) is 0 Å². The van der Waals surface area contributed by atoms with Crippen LogP contribution in [0.15, 0.2) is 24.4 Å². The van der Waals surface area contributed by atoms with Crippen molar-refractivity contribution in [2.75, 3.05) is 6.54 Å². The SMILES string of the molecule is CC(C)(C)N(N)/C(=C\N)c1cc(F)cc(C(=O)NCCC(=O)O)c1. The second kappa shape index (κ2) is 7.78. The summed E-state index contributed by atoms with van der Waals surface area (Å²) in [6.45, 7) is 5.52. The largest absolute Gasteiger partial charge is 0.481 e. The van der Waals surface area contributed by atoms with Crippen LogP contribution in [0, 0.1) is 5.82 Å². The number of hydrogen-bond acceptors (Lipinski definition) is 5. The molecule has 1 rings (SSSR count). The monoisotopic (exact) mass is 338 g/mol. The predicted molar refractivity (Wildman–Crippen MR) is 88.9 cm³/mol. The molecule has 0 bridgehead atoms. The fourth-order valence-electron chi connectivity index (χ4n) is 1.93. The fourth-order valence-corrected chi connectivity index (χ4v) is 1.93. The Morgan fingerprint density at radius 2 is 1.88 bits per heavy atom. The van der Waals surface area contributed by atoms with E-state index in [2.05, 4.69) is 5.32 Å². The number of halogens is 1. The van der Waals surface area contributed by atoms with E-state index in [9.17, 15) is 14.0 Å². The molecule has 1 aromatic carbocycles. The van der Waals surface area contributed by atoms with Crippen LogP contribution < -0.4 is 16.9 Å². The Hall–Kier alpha value is -2.61. The van der Waals surface area contributed by atoms with Gasteiger partial charge >= 0.3 is 5.97 Å². The molecule has 1 amide bonds. The van der Waals surface area contributed by atoms with Gasteiger partial charge in [0.25, 0.3) is 5.91 Å². The zero-order valence-corrected chi connectivity index (χ0v) is 14.0. The lowest BCUT2D eigenvalue weighted by Gasteiger charge is -2.35. The molecule has 0 saturated heterocycles. The van der Waals surface area contributed by atoms with Crippen LogP contribution in [0.3, 0.4) is 0 Å². The Kier molecular flexibility index (Phi) is 6.30. The van der Waals surface area contributed by atoms with Crippen molar-refractivity contribution in [1.82, 2.24) is 10.3 Å². The zero-order chi connectivity index (χ0) is 18.5. The Bertz CT molecular complexity index is 653. The molecule has 0 aliphatic rings. The number of hydrazine groups is 1. The fraction of sp³-hybridized carbons (Fsp3) is 0.375. The summed E-state index contributed by atoms with van der Waals surface area (Å²) in [4.78, 5) is 22.5. The number of nitrogens with one attached hydrogen (secondary N) is 1. The molecule has 0 unspecified atom stereocenters. The molecule has 0 heterocycles. The third kappa shape index (κ3) is 5.24. The van der Waals surface area contributed by atoms with E-state index < -0.39 is 23.2 Å². The highest BCUT2D eigenvalue weighted by Gasteiger charge is 2.22. The van der Waals surface area contributed by atoms with E-state index in [1.54, 1.807) is 0 Å². The summed E-state index contributed by atoms with van der Waals surface area (Å²) in [6.07, 6.45) is 1.02. The van der Waals surface area contributed by atoms with Gasteiger partial charge in [-0.05, 0) is 39.0 Å². The molecular weight excluding hydrogens is 315 g/mol. The van der Waals surface area contributed by atoms with Crippen LogP contribution in [0.1, 0.15) is 43.1 Å². The van der Waals surface area contributed by atoms with Crippen LogP contribution in [-0.2, 0) is 4.79 Å². The van der Waals surface area contributed by atoms with Crippen molar-refractivity contribution in [3.8, 4) is 0 Å². The minimum absolute atomic E-state index is 0.0510. The smallest absolute Gasteiger partial charge is 0.305 e. The Labute approximate surface area is 140 Å². The summed E-state index contributed by atoms with van der Waals surface area (Å²) >= 11 is 0. The van der Waals surface area contributed by atoms with Gasteiger partial charge in [-0.3, -0.25) is 9.59 Å². The zero-order valence-electron chi connectivity index (χ0n) is 14.0. The summed E-state index contributed by atoms with van der Waals surface area (Å²) in [5, 5.41) is 12.4. The van der Waals surface area contributed by atoms with Gasteiger partial charge < -0.3 is 21.2 Å². The van der Waals surface area contributed by atoms with E-state index >= 15 is 0 Å². The van der Waals surface area contributed by atoms with Crippen molar-refractivity contribution in [2.24, 2.45) is 11.6 Å². The van der Waals surface area contributed by atoms with E-state index in [0.29, 0.717) is 11.3 Å². The van der Waals surface area contributed by atoms with E-state index in [0.717, 1.165) is 6.07 Å². The van der Waals surface area contributed by atoms with Crippen LogP contribution in [0.2, 0.25) is 0 Å². The summed E-state index contributed by atoms with van der Waals surface area (Å²) < 4.78 is 13.9. The van der Waals surface area contributed by atoms with Gasteiger partial charge in [0.1, 0.15) is 5.82 Å². The highest BCUT2D eigenvalue weighted by atomic mass is 19.1. The second-order valence-corrected chi connectivity index (χ2v) is 6.22. The Morgan fingerprint density at radius 1 is 1.29 bits per heavy atom. The Morgan fingerprint density at radius 3 is 2.38 bits per heavy atom. The number of rotatable bonds is 6. The van der Waals surface area contributed by atoms with Gasteiger partial charge in [0.15, 0.2) is 0 Å². The number of carbonyl (C=O) groups is 2. The molecule has 0 fully saturated rings. The van der Waals surface area contributed by atoms with Gasteiger partial charge in [-0.25, -0.2) is 10.2 Å². The number of carbonyl (C=O) groups excluding carboxylic acids is 1. The maximum Gasteiger partial charge on any atom is 0.305 e. The van der Waals surface area contributed by atoms with Gasteiger partial charge in [-0.15, -0.1) is 0 Å². The normalized spacial score (nSPS) is 12.0. The topological polar surface area (TPSA) is 122 Å². The average molecular weight is 338 g/mol. The number of carboxylic acid groups (broad SMARTS) is 1. The summed E-state index contributed by atoms with van der Waals surface area (Å²) in [5.74, 6) is 3.79. The molecular formula is C16H23FN4O3. The first kappa shape index (κ1) is 19.4. The van der Waals surface area contributed by atoms with E-state index in [1.807, 2.05) is 20.8 Å². The number of hydrogen-bond donors (Lipinski definition) is 4. The molecule has 7 nitrogen and oxygen atoms in total. The summed E-state index contributed by atoms with van der Waals surface area (Å²) in [5.41, 5.74) is 5.91. The lowest BCUT2D eigenvalue weighted by Crippen LogP contribution is -2.45. The molecule has 0 aliphatic heterocycles. The van der Waals surface area contributed by atoms with E-state index in [1.165, 1.54) is 23.3 Å². The number of benzene rings is 1. The molecule has 0 saturated carbocycles. The van der Waals surface area contributed by atoms with Crippen molar-refractivity contribution in [2.45, 2.75) is 32.7 Å². The first-order valence-corrected chi connectivity index (χ1v) is 7.34. The molecule has 0 aromatic heterocycles. The van der Waals surface area contributed by atoms with Crippen LogP contribution in [-0.4, -0.2) is 34.1 Å². The van der Waals surface area contributed by atoms with Crippen LogP contribution in [0.4, 0.5) is 4.39 Å². The van der Waals surface area contributed by atoms with Gasteiger partial charge in [0.2, 0.25) is 0 Å². The minimum atomic E-state index is -1.03. The van der Waals surface area contributed by atoms with Gasteiger partial charge in [0, 0.05) is 29.4 Å². The van der Waals surface area contributed by atoms with Crippen molar-refractivity contribution in [3.63, 3.8) is 0 Å². The molecule has 0 radical (unpaired) electrons. The third-order valence-corrected chi connectivity index (χ3v) is 3.22. The minimum Gasteiger partial charge on any atom is -0.481 e. The molecule has 132 valence electrons. The first-order chi connectivity index (χ1) is 11.1. The van der Waals surface area contributed by atoms with E-state index in [-0.39, 0.29) is 18.5 Å². The van der Waals surface area contributed by atoms with Crippen molar-refractivity contribution in [3.05, 3.63) is 41.3 Å². The predicted octanol–water partition coefficient (Wildman–Crippen LogP) is 1.26. The lowest BCUT2D eigenvalue weighted by molar-refractivity contribution is -0.136. The molecule has 24 heavy (non-hydrogen) atoms. The van der Waals surface area contributed by atoms with Crippen LogP contribution >= 0.6 is 0 Å². The second-order valence-electron chi connectivity index (χ2n) is 6.22. The third-order valence-electron chi connectivity index (χ3n) is 3.22. The maximum absolute atomic E-state index is 13.9. The molecule has 6 N–H and O–H groups in total. The van der Waals surface area contributed by atoms with E-state index in [4.69, 9.17) is 16.7 Å². The number of amides is 1. The highest BCUT2D eigenvalue weighted by molar-refractivity contribution is 5.95. The molecule has 0 spiro atoms. The quantitative estimate of drug-likeness (QED) is 0.458. The number of nitrogens with two attached hydrogens (primary N) is 2. The summed E-state index contributed by atoms with van der Waals surface area (Å²) in [6, 6.07) is 3.73. The number of aliphatic carboxylic acids is 1. The van der Waals surface area contributed by atoms with Crippen LogP contribution in [0.5, 0.6) is 0 Å². The van der Waals surface area contributed by atoms with Gasteiger partial charge in [0.05, 0.1) is 12.1 Å². The summed E-state index contributed by atoms with van der Waals surface area (Å²) in [7, 11) is 0. The molecule has 0 atom stereocenters. The van der Waals surface area contributed by atoms with Crippen molar-refractivity contribution < 1.29 is 19.1 Å². The average Bonchev–Trinajstić information content (AvgIpc) is 2.45. The lowest BCUT2D eigenvalue weighted by atomic mass is 10.0. The number of carboxylic acids is 1. The highest BCUT2D eigenvalue weighted by Crippen LogP contribution is 2.24. The molecule has 1 aromatic rings. The molecule has 0 aliphatic carbocycles. The number of nitrogens with zero attached hydrogens (tertiary/aromatic N) is 1. The maximum atomic E-state index is 13.9. The Balaban J connectivity index is 3.08. The van der Waals surface area contributed by atoms with Gasteiger partial charge in [-0.2, -0.15) is 0 Å². The van der Waals surface area contributed by atoms with Crippen LogP contribution in [0.25, 0.3) is 5.70 Å². The van der Waals surface area contributed by atoms with Crippen molar-refractivity contribution >= 4 is 17.6 Å². The first-order valence-electron chi connectivity index (χ1n) is 7.34. The molecule has 8 heteroatoms.